The standard InChI is InChI=1S/C25H28N4O3S2/c1-14-9-19-23(26-14)20(11-17(27-19)12-21(30)15-5-6-15)28-18-8-7-16(10-22(18)34(4,31)32)24-29-25(2,3)13-33-24/h7-8,10-11,15H,5-6,9,12-13H2,1-4H3,(H,27,28). The molecular formula is C25H28N4O3S2. The number of fused-ring (bicyclic) bond motifs is 1. The van der Waals surface area contributed by atoms with Crippen LogP contribution in [0.2, 0.25) is 0 Å². The molecule has 0 spiro atoms. The molecule has 9 heteroatoms. The van der Waals surface area contributed by atoms with Gasteiger partial charge in [0.15, 0.2) is 9.84 Å². The number of nitrogens with one attached hydrogen (secondary N) is 1. The van der Waals surface area contributed by atoms with Gasteiger partial charge in [0.05, 0.1) is 38.2 Å². The van der Waals surface area contributed by atoms with E-state index in [1.807, 2.05) is 19.1 Å². The molecule has 1 saturated carbocycles. The number of benzene rings is 1. The highest BCUT2D eigenvalue weighted by molar-refractivity contribution is 8.14. The van der Waals surface area contributed by atoms with E-state index in [0.29, 0.717) is 29.2 Å². The van der Waals surface area contributed by atoms with Gasteiger partial charge in [-0.1, -0.05) is 6.07 Å². The van der Waals surface area contributed by atoms with E-state index in [9.17, 15) is 13.2 Å². The van der Waals surface area contributed by atoms with Crippen LogP contribution in [-0.2, 0) is 27.5 Å². The van der Waals surface area contributed by atoms with Crippen LogP contribution in [0.1, 0.15) is 50.6 Å². The molecule has 1 aromatic heterocycles. The van der Waals surface area contributed by atoms with Gasteiger partial charge in [0.25, 0.3) is 0 Å². The fraction of sp³-hybridized carbons (Fsp3) is 0.440. The molecular weight excluding hydrogens is 468 g/mol. The summed E-state index contributed by atoms with van der Waals surface area (Å²) in [7, 11) is -3.52. The Balaban J connectivity index is 1.53. The Morgan fingerprint density at radius 1 is 1.21 bits per heavy atom. The summed E-state index contributed by atoms with van der Waals surface area (Å²) < 4.78 is 25.5. The zero-order chi connectivity index (χ0) is 24.3. The number of carbonyl (C=O) groups excluding carboxylic acids is 1. The quantitative estimate of drug-likeness (QED) is 0.598. The summed E-state index contributed by atoms with van der Waals surface area (Å²) in [4.78, 5) is 26.7. The minimum Gasteiger partial charge on any atom is -0.353 e. The summed E-state index contributed by atoms with van der Waals surface area (Å²) in [5, 5.41) is 4.16. The van der Waals surface area contributed by atoms with Crippen molar-refractivity contribution in [2.24, 2.45) is 15.9 Å². The average molecular weight is 497 g/mol. The van der Waals surface area contributed by atoms with E-state index in [1.54, 1.807) is 23.9 Å². The molecule has 2 aliphatic heterocycles. The normalized spacial score (nSPS) is 18.9. The van der Waals surface area contributed by atoms with Crippen molar-refractivity contribution >= 4 is 55.2 Å². The molecule has 0 bridgehead atoms. The number of rotatable bonds is 7. The van der Waals surface area contributed by atoms with Crippen LogP contribution >= 0.6 is 11.8 Å². The predicted octanol–water partition coefficient (Wildman–Crippen LogP) is 4.67. The number of pyridine rings is 1. The van der Waals surface area contributed by atoms with E-state index in [4.69, 9.17) is 9.98 Å². The maximum absolute atomic E-state index is 12.7. The van der Waals surface area contributed by atoms with Crippen molar-refractivity contribution in [3.8, 4) is 0 Å². The number of ketones is 1. The van der Waals surface area contributed by atoms with Gasteiger partial charge < -0.3 is 5.32 Å². The third-order valence-electron chi connectivity index (χ3n) is 6.10. The van der Waals surface area contributed by atoms with Crippen LogP contribution < -0.4 is 5.32 Å². The van der Waals surface area contributed by atoms with Crippen molar-refractivity contribution < 1.29 is 13.2 Å². The molecule has 1 aliphatic carbocycles. The second-order valence-corrected chi connectivity index (χ2v) is 13.0. The van der Waals surface area contributed by atoms with Crippen LogP contribution in [0.5, 0.6) is 0 Å². The van der Waals surface area contributed by atoms with Gasteiger partial charge in [-0.3, -0.25) is 19.8 Å². The zero-order valence-electron chi connectivity index (χ0n) is 19.8. The second kappa shape index (κ2) is 8.30. The number of hydrogen-bond donors (Lipinski definition) is 1. The first-order chi connectivity index (χ1) is 16.0. The summed E-state index contributed by atoms with van der Waals surface area (Å²) in [5.41, 5.74) is 4.94. The van der Waals surface area contributed by atoms with Gasteiger partial charge in [0.2, 0.25) is 0 Å². The highest BCUT2D eigenvalue weighted by atomic mass is 32.2. The monoisotopic (exact) mass is 496 g/mol. The lowest BCUT2D eigenvalue weighted by atomic mass is 10.1. The maximum atomic E-state index is 12.7. The first-order valence-electron chi connectivity index (χ1n) is 11.4. The van der Waals surface area contributed by atoms with E-state index in [1.165, 1.54) is 6.26 Å². The Labute approximate surface area is 204 Å². The van der Waals surface area contributed by atoms with E-state index < -0.39 is 9.84 Å². The Kier molecular flexibility index (Phi) is 5.67. The Hall–Kier alpha value is -2.52. The highest BCUT2D eigenvalue weighted by Crippen LogP contribution is 2.39. The summed E-state index contributed by atoms with van der Waals surface area (Å²) in [5.74, 6) is 1.24. The van der Waals surface area contributed by atoms with E-state index in [-0.39, 0.29) is 28.6 Å². The minimum atomic E-state index is -3.52. The van der Waals surface area contributed by atoms with Gasteiger partial charge in [-0.25, -0.2) is 8.42 Å². The summed E-state index contributed by atoms with van der Waals surface area (Å²) in [6.07, 6.45) is 4.05. The van der Waals surface area contributed by atoms with Crippen molar-refractivity contribution in [2.45, 2.75) is 56.9 Å². The van der Waals surface area contributed by atoms with Gasteiger partial charge in [-0.15, -0.1) is 11.8 Å². The molecule has 1 N–H and O–H groups in total. The summed E-state index contributed by atoms with van der Waals surface area (Å²) in [6, 6.07) is 7.21. The topological polar surface area (TPSA) is 101 Å². The lowest BCUT2D eigenvalue weighted by Gasteiger charge is -2.15. The molecule has 2 aromatic rings. The van der Waals surface area contributed by atoms with Crippen LogP contribution in [0.15, 0.2) is 39.1 Å². The highest BCUT2D eigenvalue weighted by Gasteiger charge is 2.31. The van der Waals surface area contributed by atoms with E-state index in [2.05, 4.69) is 24.2 Å². The number of nitrogens with zero attached hydrogens (tertiary/aromatic N) is 3. The number of hydrogen-bond acceptors (Lipinski definition) is 8. The summed E-state index contributed by atoms with van der Waals surface area (Å²) >= 11 is 1.64. The first kappa shape index (κ1) is 23.2. The smallest absolute Gasteiger partial charge is 0.177 e. The molecule has 178 valence electrons. The van der Waals surface area contributed by atoms with E-state index >= 15 is 0 Å². The summed E-state index contributed by atoms with van der Waals surface area (Å²) in [6.45, 7) is 6.08. The fourth-order valence-corrected chi connectivity index (χ4v) is 6.25. The number of thioether (sulfide) groups is 1. The van der Waals surface area contributed by atoms with Gasteiger partial charge >= 0.3 is 0 Å². The molecule has 7 nitrogen and oxygen atoms in total. The molecule has 0 amide bonds. The van der Waals surface area contributed by atoms with Gasteiger partial charge in [0.1, 0.15) is 11.5 Å². The first-order valence-corrected chi connectivity index (χ1v) is 14.3. The third kappa shape index (κ3) is 4.81. The lowest BCUT2D eigenvalue weighted by Crippen LogP contribution is -2.15. The lowest BCUT2D eigenvalue weighted by molar-refractivity contribution is -0.119. The van der Waals surface area contributed by atoms with Crippen molar-refractivity contribution in [2.75, 3.05) is 17.3 Å². The zero-order valence-corrected chi connectivity index (χ0v) is 21.4. The van der Waals surface area contributed by atoms with Crippen LogP contribution in [0.25, 0.3) is 0 Å². The third-order valence-corrected chi connectivity index (χ3v) is 8.68. The number of anilines is 2. The predicted molar refractivity (Wildman–Crippen MR) is 138 cm³/mol. The van der Waals surface area contributed by atoms with Crippen molar-refractivity contribution in [3.05, 3.63) is 41.2 Å². The average Bonchev–Trinajstić information content (AvgIpc) is 3.44. The van der Waals surface area contributed by atoms with Crippen LogP contribution in [-0.4, -0.2) is 47.5 Å². The molecule has 0 atom stereocenters. The molecule has 0 radical (unpaired) electrons. The van der Waals surface area contributed by atoms with Crippen molar-refractivity contribution in [3.63, 3.8) is 0 Å². The second-order valence-electron chi connectivity index (χ2n) is 10.0. The molecule has 0 unspecified atom stereocenters. The van der Waals surface area contributed by atoms with Gasteiger partial charge in [-0.2, -0.15) is 0 Å². The van der Waals surface area contributed by atoms with Gasteiger partial charge in [-0.05, 0) is 51.8 Å². The number of aromatic nitrogens is 1. The van der Waals surface area contributed by atoms with Crippen molar-refractivity contribution in [1.82, 2.24) is 4.98 Å². The maximum Gasteiger partial charge on any atom is 0.177 e. The van der Waals surface area contributed by atoms with Crippen LogP contribution in [0, 0.1) is 5.92 Å². The SMILES string of the molecule is CC1=Nc2c(Nc3ccc(C4=NC(C)(C)CS4)cc3S(C)(=O)=O)cc(CC(=O)C3CC3)nc2C1. The molecule has 3 heterocycles. The van der Waals surface area contributed by atoms with Crippen LogP contribution in [0.3, 0.4) is 0 Å². The van der Waals surface area contributed by atoms with E-state index in [0.717, 1.165) is 40.6 Å². The molecule has 1 fully saturated rings. The number of aliphatic imine (C=N–C) groups is 2. The Morgan fingerprint density at radius 2 is 1.97 bits per heavy atom. The Morgan fingerprint density at radius 3 is 2.62 bits per heavy atom. The Bertz CT molecular complexity index is 1370. The number of carbonyl (C=O) groups is 1. The number of Topliss-reactive ketones (excluding diaryl/α,β-unsaturated/α-hetero) is 1. The molecule has 3 aliphatic rings. The molecule has 0 saturated heterocycles. The minimum absolute atomic E-state index is 0.162. The van der Waals surface area contributed by atoms with Crippen molar-refractivity contribution in [1.29, 1.82) is 0 Å². The largest absolute Gasteiger partial charge is 0.353 e. The van der Waals surface area contributed by atoms with Gasteiger partial charge in [0, 0.05) is 42.0 Å². The fourth-order valence-electron chi connectivity index (χ4n) is 4.23. The molecule has 1 aromatic carbocycles. The molecule has 34 heavy (non-hydrogen) atoms. The van der Waals surface area contributed by atoms with Crippen LogP contribution in [0.4, 0.5) is 17.1 Å². The molecule has 5 rings (SSSR count). The number of sulfone groups is 1.